The van der Waals surface area contributed by atoms with Crippen molar-refractivity contribution in [3.05, 3.63) is 18.2 Å². The standard InChI is InChI=1S/C16H24N2O/c1-18-15-7-6-13(19-2)12-14(15)17-11-10-16(18)8-4-3-5-9-16/h6-7,12,17H,3-5,8-11H2,1-2H3. The van der Waals surface area contributed by atoms with Crippen molar-refractivity contribution in [3.63, 3.8) is 0 Å². The largest absolute Gasteiger partial charge is 0.497 e. The third-order valence-corrected chi connectivity index (χ3v) is 4.97. The van der Waals surface area contributed by atoms with Crippen LogP contribution in [-0.4, -0.2) is 26.2 Å². The zero-order valence-corrected chi connectivity index (χ0v) is 12.0. The highest BCUT2D eigenvalue weighted by molar-refractivity contribution is 5.73. The highest BCUT2D eigenvalue weighted by atomic mass is 16.5. The van der Waals surface area contributed by atoms with E-state index in [4.69, 9.17) is 4.74 Å². The lowest BCUT2D eigenvalue weighted by atomic mass is 9.78. The Morgan fingerprint density at radius 3 is 2.68 bits per heavy atom. The first-order chi connectivity index (χ1) is 9.25. The van der Waals surface area contributed by atoms with E-state index in [0.717, 1.165) is 12.3 Å². The van der Waals surface area contributed by atoms with Crippen LogP contribution in [0.2, 0.25) is 0 Å². The smallest absolute Gasteiger partial charge is 0.121 e. The fourth-order valence-corrected chi connectivity index (χ4v) is 3.72. The third kappa shape index (κ3) is 2.15. The summed E-state index contributed by atoms with van der Waals surface area (Å²) >= 11 is 0. The topological polar surface area (TPSA) is 24.5 Å². The minimum Gasteiger partial charge on any atom is -0.497 e. The first-order valence-electron chi connectivity index (χ1n) is 7.41. The van der Waals surface area contributed by atoms with Gasteiger partial charge in [-0.3, -0.25) is 0 Å². The Balaban J connectivity index is 1.97. The molecular formula is C16H24N2O. The Labute approximate surface area is 115 Å². The lowest BCUT2D eigenvalue weighted by Gasteiger charge is -2.45. The van der Waals surface area contributed by atoms with Crippen molar-refractivity contribution in [2.45, 2.75) is 44.1 Å². The number of benzene rings is 1. The summed E-state index contributed by atoms with van der Waals surface area (Å²) in [5.41, 5.74) is 2.90. The van der Waals surface area contributed by atoms with Gasteiger partial charge in [-0.1, -0.05) is 19.3 Å². The summed E-state index contributed by atoms with van der Waals surface area (Å²) in [6, 6.07) is 6.38. The van der Waals surface area contributed by atoms with Crippen LogP contribution in [0, 0.1) is 0 Å². The molecule has 0 bridgehead atoms. The van der Waals surface area contributed by atoms with Gasteiger partial charge in [0.2, 0.25) is 0 Å². The molecule has 1 spiro atoms. The molecule has 1 aromatic carbocycles. The average molecular weight is 260 g/mol. The maximum atomic E-state index is 5.33. The van der Waals surface area contributed by atoms with Crippen LogP contribution < -0.4 is 15.0 Å². The van der Waals surface area contributed by atoms with Gasteiger partial charge in [-0.05, 0) is 31.4 Å². The van der Waals surface area contributed by atoms with Crippen LogP contribution in [-0.2, 0) is 0 Å². The highest BCUT2D eigenvalue weighted by Gasteiger charge is 2.38. The molecule has 0 saturated heterocycles. The van der Waals surface area contributed by atoms with Crippen LogP contribution in [0.1, 0.15) is 38.5 Å². The molecule has 104 valence electrons. The second-order valence-corrected chi connectivity index (χ2v) is 5.90. The van der Waals surface area contributed by atoms with Gasteiger partial charge in [0.1, 0.15) is 5.75 Å². The average Bonchev–Trinajstić information content (AvgIpc) is 2.58. The van der Waals surface area contributed by atoms with Crippen molar-refractivity contribution >= 4 is 11.4 Å². The SMILES string of the molecule is COc1ccc2c(c1)NCCC1(CCCCC1)N2C. The van der Waals surface area contributed by atoms with E-state index in [1.54, 1.807) is 7.11 Å². The summed E-state index contributed by atoms with van der Waals surface area (Å²) in [4.78, 5) is 2.53. The number of ether oxygens (including phenoxy) is 1. The predicted octanol–water partition coefficient (Wildman–Crippen LogP) is 3.65. The number of anilines is 2. The second-order valence-electron chi connectivity index (χ2n) is 5.90. The van der Waals surface area contributed by atoms with Gasteiger partial charge in [0.05, 0.1) is 18.5 Å². The zero-order chi connectivity index (χ0) is 13.3. The molecule has 1 aliphatic carbocycles. The van der Waals surface area contributed by atoms with Crippen LogP contribution in [0.15, 0.2) is 18.2 Å². The molecule has 19 heavy (non-hydrogen) atoms. The van der Waals surface area contributed by atoms with Crippen LogP contribution >= 0.6 is 0 Å². The first kappa shape index (κ1) is 12.6. The van der Waals surface area contributed by atoms with E-state index in [1.165, 1.54) is 49.9 Å². The highest BCUT2D eigenvalue weighted by Crippen LogP contribution is 2.43. The molecule has 3 heteroatoms. The van der Waals surface area contributed by atoms with Crippen LogP contribution in [0.4, 0.5) is 11.4 Å². The van der Waals surface area contributed by atoms with Crippen molar-refractivity contribution < 1.29 is 4.74 Å². The van der Waals surface area contributed by atoms with Crippen molar-refractivity contribution in [1.82, 2.24) is 0 Å². The molecule has 0 atom stereocenters. The summed E-state index contributed by atoms with van der Waals surface area (Å²) < 4.78 is 5.33. The Hall–Kier alpha value is -1.38. The van der Waals surface area contributed by atoms with Gasteiger partial charge in [-0.2, -0.15) is 0 Å². The summed E-state index contributed by atoms with van der Waals surface area (Å²) in [5.74, 6) is 0.930. The van der Waals surface area contributed by atoms with Gasteiger partial charge >= 0.3 is 0 Å². The molecule has 2 aliphatic rings. The summed E-state index contributed by atoms with van der Waals surface area (Å²) in [6.45, 7) is 1.06. The van der Waals surface area contributed by atoms with E-state index < -0.39 is 0 Å². The molecule has 1 N–H and O–H groups in total. The van der Waals surface area contributed by atoms with E-state index in [1.807, 2.05) is 0 Å². The van der Waals surface area contributed by atoms with Gasteiger partial charge in [-0.25, -0.2) is 0 Å². The number of fused-ring (bicyclic) bond motifs is 1. The quantitative estimate of drug-likeness (QED) is 0.834. The van der Waals surface area contributed by atoms with Crippen molar-refractivity contribution in [2.24, 2.45) is 0 Å². The molecule has 1 aromatic rings. The molecular weight excluding hydrogens is 236 g/mol. The maximum absolute atomic E-state index is 5.33. The molecule has 0 radical (unpaired) electrons. The van der Waals surface area contributed by atoms with Gasteiger partial charge < -0.3 is 15.0 Å². The van der Waals surface area contributed by atoms with E-state index in [2.05, 4.69) is 35.5 Å². The number of hydrogen-bond acceptors (Lipinski definition) is 3. The fourth-order valence-electron chi connectivity index (χ4n) is 3.72. The molecule has 0 amide bonds. The number of methoxy groups -OCH3 is 1. The number of hydrogen-bond donors (Lipinski definition) is 1. The molecule has 1 saturated carbocycles. The minimum absolute atomic E-state index is 0.366. The number of nitrogens with one attached hydrogen (secondary N) is 1. The molecule has 1 aliphatic heterocycles. The zero-order valence-electron chi connectivity index (χ0n) is 12.0. The Morgan fingerprint density at radius 2 is 1.95 bits per heavy atom. The second kappa shape index (κ2) is 4.95. The van der Waals surface area contributed by atoms with Crippen molar-refractivity contribution in [3.8, 4) is 5.75 Å². The van der Waals surface area contributed by atoms with Gasteiger partial charge in [0, 0.05) is 25.2 Å². The molecule has 1 fully saturated rings. The fraction of sp³-hybridized carbons (Fsp3) is 0.625. The van der Waals surface area contributed by atoms with Crippen LogP contribution in [0.25, 0.3) is 0 Å². The minimum atomic E-state index is 0.366. The van der Waals surface area contributed by atoms with Gasteiger partial charge in [0.25, 0.3) is 0 Å². The van der Waals surface area contributed by atoms with Gasteiger partial charge in [-0.15, -0.1) is 0 Å². The molecule has 0 unspecified atom stereocenters. The van der Waals surface area contributed by atoms with Crippen LogP contribution in [0.3, 0.4) is 0 Å². The Morgan fingerprint density at radius 1 is 1.16 bits per heavy atom. The molecule has 3 rings (SSSR count). The molecule has 0 aromatic heterocycles. The van der Waals surface area contributed by atoms with E-state index in [9.17, 15) is 0 Å². The monoisotopic (exact) mass is 260 g/mol. The molecule has 1 heterocycles. The predicted molar refractivity (Wildman–Crippen MR) is 80.3 cm³/mol. The third-order valence-electron chi connectivity index (χ3n) is 4.97. The summed E-state index contributed by atoms with van der Waals surface area (Å²) in [7, 11) is 3.99. The Kier molecular flexibility index (Phi) is 3.29. The normalized spacial score (nSPS) is 21.5. The lowest BCUT2D eigenvalue weighted by molar-refractivity contribution is 0.274. The maximum Gasteiger partial charge on any atom is 0.121 e. The molecule has 3 nitrogen and oxygen atoms in total. The van der Waals surface area contributed by atoms with Gasteiger partial charge in [0.15, 0.2) is 0 Å². The summed E-state index contributed by atoms with van der Waals surface area (Å²) in [5, 5.41) is 3.58. The number of nitrogens with zero attached hydrogens (tertiary/aromatic N) is 1. The van der Waals surface area contributed by atoms with Crippen LogP contribution in [0.5, 0.6) is 5.75 Å². The number of rotatable bonds is 1. The Bertz CT molecular complexity index is 452. The summed E-state index contributed by atoms with van der Waals surface area (Å²) in [6.07, 6.45) is 8.04. The van der Waals surface area contributed by atoms with E-state index in [-0.39, 0.29) is 0 Å². The van der Waals surface area contributed by atoms with Crippen molar-refractivity contribution in [1.29, 1.82) is 0 Å². The lowest BCUT2D eigenvalue weighted by Crippen LogP contribution is -2.48. The van der Waals surface area contributed by atoms with E-state index in [0.29, 0.717) is 5.54 Å². The van der Waals surface area contributed by atoms with E-state index >= 15 is 0 Å². The first-order valence-corrected chi connectivity index (χ1v) is 7.41. The van der Waals surface area contributed by atoms with Crippen molar-refractivity contribution in [2.75, 3.05) is 30.9 Å².